The van der Waals surface area contributed by atoms with Gasteiger partial charge < -0.3 is 14.9 Å². The summed E-state index contributed by atoms with van der Waals surface area (Å²) in [6.45, 7) is 1.12. The highest BCUT2D eigenvalue weighted by atomic mass is 19.4. The van der Waals surface area contributed by atoms with Crippen molar-refractivity contribution < 1.29 is 27.9 Å². The topological polar surface area (TPSA) is 60.9 Å². The molecule has 4 rings (SSSR count). The van der Waals surface area contributed by atoms with Gasteiger partial charge in [-0.05, 0) is 49.2 Å². The van der Waals surface area contributed by atoms with Gasteiger partial charge in [-0.25, -0.2) is 0 Å². The number of rotatable bonds is 2. The van der Waals surface area contributed by atoms with Gasteiger partial charge in [0.2, 0.25) is 5.91 Å². The maximum Gasteiger partial charge on any atom is 0.416 e. The molecule has 29 heavy (non-hydrogen) atoms. The quantitative estimate of drug-likeness (QED) is 0.777. The molecule has 2 aliphatic rings. The number of phenolic OH excluding ortho intramolecular Hbond substituents is 1. The van der Waals surface area contributed by atoms with E-state index in [1.165, 1.54) is 29.2 Å². The molecule has 8 heteroatoms. The SMILES string of the molecule is O=C(c1cccc(O)c1)N1CCC2(CC1)CN(c1cccc(C(F)(F)F)c1)C2=O. The Balaban J connectivity index is 1.42. The lowest BCUT2D eigenvalue weighted by atomic mass is 9.70. The van der Waals surface area contributed by atoms with Crippen LogP contribution in [0, 0.1) is 5.41 Å². The number of β-lactam (4-membered cyclic amide) rings is 1. The van der Waals surface area contributed by atoms with Crippen molar-refractivity contribution in [3.05, 3.63) is 59.7 Å². The molecule has 1 N–H and O–H groups in total. The van der Waals surface area contributed by atoms with E-state index in [1.807, 2.05) is 0 Å². The highest BCUT2D eigenvalue weighted by molar-refractivity contribution is 6.05. The molecular formula is C21H19F3N2O3. The van der Waals surface area contributed by atoms with Gasteiger partial charge in [-0.2, -0.15) is 13.2 Å². The van der Waals surface area contributed by atoms with E-state index in [1.54, 1.807) is 17.0 Å². The van der Waals surface area contributed by atoms with Gasteiger partial charge >= 0.3 is 6.18 Å². The third-order valence-electron chi connectivity index (χ3n) is 5.75. The number of phenols is 1. The number of amides is 2. The summed E-state index contributed by atoms with van der Waals surface area (Å²) in [5, 5.41) is 9.54. The molecule has 0 atom stereocenters. The predicted octanol–water partition coefficient (Wildman–Crippen LogP) is 3.68. The lowest BCUT2D eigenvalue weighted by Crippen LogP contribution is -2.65. The first kappa shape index (κ1) is 19.3. The van der Waals surface area contributed by atoms with Crippen molar-refractivity contribution in [2.45, 2.75) is 19.0 Å². The number of piperidine rings is 1. The number of likely N-dealkylation sites (tertiary alicyclic amines) is 1. The predicted molar refractivity (Wildman–Crippen MR) is 99.5 cm³/mol. The van der Waals surface area contributed by atoms with Gasteiger partial charge in [-0.15, -0.1) is 0 Å². The van der Waals surface area contributed by atoms with Gasteiger partial charge in [0.05, 0.1) is 11.0 Å². The Morgan fingerprint density at radius 3 is 2.34 bits per heavy atom. The van der Waals surface area contributed by atoms with E-state index in [4.69, 9.17) is 0 Å². The molecule has 0 aliphatic carbocycles. The summed E-state index contributed by atoms with van der Waals surface area (Å²) in [5.74, 6) is -0.395. The zero-order chi connectivity index (χ0) is 20.8. The number of hydrogen-bond acceptors (Lipinski definition) is 3. The van der Waals surface area contributed by atoms with Crippen LogP contribution in [0.4, 0.5) is 18.9 Å². The van der Waals surface area contributed by atoms with Crippen LogP contribution in [0.15, 0.2) is 48.5 Å². The Morgan fingerprint density at radius 1 is 1.03 bits per heavy atom. The molecule has 2 amide bonds. The van der Waals surface area contributed by atoms with Gasteiger partial charge in [-0.3, -0.25) is 9.59 Å². The van der Waals surface area contributed by atoms with Crippen molar-refractivity contribution in [3.8, 4) is 5.75 Å². The van der Waals surface area contributed by atoms with Crippen LogP contribution >= 0.6 is 0 Å². The average Bonchev–Trinajstić information content (AvgIpc) is 2.71. The molecule has 1 spiro atoms. The van der Waals surface area contributed by atoms with E-state index >= 15 is 0 Å². The summed E-state index contributed by atoms with van der Waals surface area (Å²) in [7, 11) is 0. The summed E-state index contributed by atoms with van der Waals surface area (Å²) in [6, 6.07) is 10.9. The molecule has 2 aromatic carbocycles. The Kier molecular flexibility index (Phi) is 4.52. The second-order valence-electron chi connectivity index (χ2n) is 7.56. The minimum absolute atomic E-state index is 0.00947. The molecule has 0 unspecified atom stereocenters. The molecule has 0 bridgehead atoms. The largest absolute Gasteiger partial charge is 0.508 e. The monoisotopic (exact) mass is 404 g/mol. The number of benzene rings is 2. The van der Waals surface area contributed by atoms with Crippen LogP contribution < -0.4 is 4.90 Å². The first-order chi connectivity index (χ1) is 13.7. The van der Waals surface area contributed by atoms with Crippen LogP contribution in [0.3, 0.4) is 0 Å². The van der Waals surface area contributed by atoms with Gasteiger partial charge in [0.1, 0.15) is 5.75 Å². The van der Waals surface area contributed by atoms with E-state index in [0.717, 1.165) is 12.1 Å². The third kappa shape index (κ3) is 3.43. The lowest BCUT2D eigenvalue weighted by Gasteiger charge is -2.52. The smallest absolute Gasteiger partial charge is 0.416 e. The number of nitrogens with zero attached hydrogens (tertiary/aromatic N) is 2. The molecule has 0 aromatic heterocycles. The maximum atomic E-state index is 12.9. The normalized spacial score (nSPS) is 18.7. The fourth-order valence-electron chi connectivity index (χ4n) is 4.03. The fraction of sp³-hybridized carbons (Fsp3) is 0.333. The Labute approximate surface area is 165 Å². The van der Waals surface area contributed by atoms with Crippen LogP contribution in [0.1, 0.15) is 28.8 Å². The Bertz CT molecular complexity index is 966. The average molecular weight is 404 g/mol. The number of carbonyl (C=O) groups excluding carboxylic acids is 2. The number of halogens is 3. The molecule has 5 nitrogen and oxygen atoms in total. The molecule has 0 saturated carbocycles. The molecule has 2 heterocycles. The summed E-state index contributed by atoms with van der Waals surface area (Å²) in [5.41, 5.74) is -0.778. The van der Waals surface area contributed by atoms with Gasteiger partial charge in [0.15, 0.2) is 0 Å². The molecule has 2 aromatic rings. The fourth-order valence-corrected chi connectivity index (χ4v) is 4.03. The van der Waals surface area contributed by atoms with Crippen LogP contribution in [-0.4, -0.2) is 41.5 Å². The van der Waals surface area contributed by atoms with Crippen molar-refractivity contribution in [1.29, 1.82) is 0 Å². The van der Waals surface area contributed by atoms with Crippen LogP contribution in [0.5, 0.6) is 5.75 Å². The van der Waals surface area contributed by atoms with Gasteiger partial charge in [0, 0.05) is 30.9 Å². The summed E-state index contributed by atoms with van der Waals surface area (Å²) >= 11 is 0. The highest BCUT2D eigenvalue weighted by Crippen LogP contribution is 2.45. The van der Waals surface area contributed by atoms with Crippen LogP contribution in [0.2, 0.25) is 0 Å². The van der Waals surface area contributed by atoms with Crippen molar-refractivity contribution in [2.75, 3.05) is 24.5 Å². The summed E-state index contributed by atoms with van der Waals surface area (Å²) < 4.78 is 38.8. The first-order valence-electron chi connectivity index (χ1n) is 9.27. The molecule has 152 valence electrons. The second kappa shape index (κ2) is 6.79. The van der Waals surface area contributed by atoms with Crippen molar-refractivity contribution in [2.24, 2.45) is 5.41 Å². The van der Waals surface area contributed by atoms with Gasteiger partial charge in [0.25, 0.3) is 5.91 Å². The van der Waals surface area contributed by atoms with E-state index in [9.17, 15) is 27.9 Å². The standard InChI is InChI=1S/C21H19F3N2O3/c22-21(23,24)15-4-2-5-16(12-15)26-13-20(19(26)29)7-9-25(10-8-20)18(28)14-3-1-6-17(27)11-14/h1-6,11-12,27H,7-10,13H2. The number of anilines is 1. The zero-order valence-corrected chi connectivity index (χ0v) is 15.4. The van der Waals surface area contributed by atoms with Crippen molar-refractivity contribution in [3.63, 3.8) is 0 Å². The van der Waals surface area contributed by atoms with Crippen molar-refractivity contribution in [1.82, 2.24) is 4.90 Å². The van der Waals surface area contributed by atoms with Crippen molar-refractivity contribution >= 4 is 17.5 Å². The minimum atomic E-state index is -4.46. The summed E-state index contributed by atoms with van der Waals surface area (Å²) in [6.07, 6.45) is -3.53. The second-order valence-corrected chi connectivity index (χ2v) is 7.56. The third-order valence-corrected chi connectivity index (χ3v) is 5.75. The van der Waals surface area contributed by atoms with E-state index in [0.29, 0.717) is 38.0 Å². The first-order valence-corrected chi connectivity index (χ1v) is 9.27. The van der Waals surface area contributed by atoms with Gasteiger partial charge in [-0.1, -0.05) is 12.1 Å². The molecule has 2 saturated heterocycles. The molecular weight excluding hydrogens is 385 g/mol. The number of hydrogen-bond donors (Lipinski definition) is 1. The molecule has 0 radical (unpaired) electrons. The molecule has 2 fully saturated rings. The lowest BCUT2D eigenvalue weighted by molar-refractivity contribution is -0.139. The zero-order valence-electron chi connectivity index (χ0n) is 15.4. The Morgan fingerprint density at radius 2 is 1.72 bits per heavy atom. The van der Waals surface area contributed by atoms with Crippen LogP contribution in [-0.2, 0) is 11.0 Å². The van der Waals surface area contributed by atoms with E-state index in [2.05, 4.69) is 0 Å². The van der Waals surface area contributed by atoms with E-state index in [-0.39, 0.29) is 23.3 Å². The van der Waals surface area contributed by atoms with E-state index < -0.39 is 17.2 Å². The number of alkyl halides is 3. The Hall–Kier alpha value is -3.03. The number of carbonyl (C=O) groups is 2. The number of aromatic hydroxyl groups is 1. The highest BCUT2D eigenvalue weighted by Gasteiger charge is 2.54. The van der Waals surface area contributed by atoms with Crippen LogP contribution in [0.25, 0.3) is 0 Å². The molecule has 2 aliphatic heterocycles. The summed E-state index contributed by atoms with van der Waals surface area (Å²) in [4.78, 5) is 28.4. The maximum absolute atomic E-state index is 12.9. The minimum Gasteiger partial charge on any atom is -0.508 e.